The van der Waals surface area contributed by atoms with E-state index in [2.05, 4.69) is 15.6 Å². The molecule has 3 amide bonds. The summed E-state index contributed by atoms with van der Waals surface area (Å²) in [6.07, 6.45) is 8.91. The lowest BCUT2D eigenvalue weighted by Crippen LogP contribution is -2.55. The van der Waals surface area contributed by atoms with Gasteiger partial charge in [0.15, 0.2) is 0 Å². The lowest BCUT2D eigenvalue weighted by Gasteiger charge is -2.29. The number of fused-ring (bicyclic) bond motifs is 2. The number of aromatic amines is 1. The Hall–Kier alpha value is -2.95. The molecule has 2 aromatic rings. The molecule has 45 heavy (non-hydrogen) atoms. The molecule has 1 saturated heterocycles. The number of benzene rings is 1. The van der Waals surface area contributed by atoms with Crippen molar-refractivity contribution in [3.05, 3.63) is 33.9 Å². The molecule has 5 unspecified atom stereocenters. The van der Waals surface area contributed by atoms with Crippen molar-refractivity contribution in [1.29, 1.82) is 0 Å². The van der Waals surface area contributed by atoms with Crippen LogP contribution in [0.15, 0.2) is 18.2 Å². The molecule has 12 heteroatoms. The van der Waals surface area contributed by atoms with E-state index in [0.29, 0.717) is 46.9 Å². The third-order valence-electron chi connectivity index (χ3n) is 10.1. The first-order chi connectivity index (χ1) is 21.7. The van der Waals surface area contributed by atoms with E-state index in [9.17, 15) is 24.0 Å². The minimum Gasteiger partial charge on any atom is -0.376 e. The van der Waals surface area contributed by atoms with Crippen LogP contribution in [-0.4, -0.2) is 77.1 Å². The molecule has 10 nitrogen and oxygen atoms in total. The minimum absolute atomic E-state index is 0.0403. The van der Waals surface area contributed by atoms with Crippen molar-refractivity contribution in [2.24, 2.45) is 17.8 Å². The number of H-pyrrole nitrogens is 1. The fraction of sp³-hybridized carbons (Fsp3) is 0.606. The van der Waals surface area contributed by atoms with E-state index in [1.165, 1.54) is 0 Å². The van der Waals surface area contributed by atoms with E-state index >= 15 is 0 Å². The predicted molar refractivity (Wildman–Crippen MR) is 169 cm³/mol. The normalized spacial score (nSPS) is 25.6. The molecule has 3 saturated carbocycles. The van der Waals surface area contributed by atoms with Crippen molar-refractivity contribution < 1.29 is 28.7 Å². The Morgan fingerprint density at radius 3 is 2.56 bits per heavy atom. The molecular weight excluding hydrogens is 619 g/mol. The van der Waals surface area contributed by atoms with Gasteiger partial charge in [-0.25, -0.2) is 0 Å². The minimum atomic E-state index is -1.17. The number of nitrogens with zero attached hydrogens (tertiary/aromatic N) is 1. The van der Waals surface area contributed by atoms with Crippen LogP contribution in [0.2, 0.25) is 10.0 Å². The largest absolute Gasteiger partial charge is 0.376 e. The van der Waals surface area contributed by atoms with Gasteiger partial charge >= 0.3 is 0 Å². The predicted octanol–water partition coefficient (Wildman–Crippen LogP) is 4.60. The topological polar surface area (TPSA) is 138 Å². The van der Waals surface area contributed by atoms with Gasteiger partial charge in [-0.3, -0.25) is 24.0 Å². The summed E-state index contributed by atoms with van der Waals surface area (Å²) >= 11 is 12.5. The van der Waals surface area contributed by atoms with Gasteiger partial charge in [0.25, 0.3) is 11.8 Å². The summed E-state index contributed by atoms with van der Waals surface area (Å²) in [6, 6.07) is 3.00. The zero-order valence-corrected chi connectivity index (χ0v) is 26.8. The highest BCUT2D eigenvalue weighted by Gasteiger charge is 2.50. The van der Waals surface area contributed by atoms with Gasteiger partial charge in [-0.2, -0.15) is 0 Å². The fourth-order valence-electron chi connectivity index (χ4n) is 7.89. The smallest absolute Gasteiger partial charge is 0.289 e. The van der Waals surface area contributed by atoms with Crippen LogP contribution in [0.1, 0.15) is 81.1 Å². The Labute approximate surface area is 272 Å². The van der Waals surface area contributed by atoms with Gasteiger partial charge in [0, 0.05) is 35.8 Å². The molecule has 3 N–H and O–H groups in total. The maximum atomic E-state index is 14.1. The number of likely N-dealkylation sites (tertiary alicyclic amines) is 1. The molecule has 3 aliphatic carbocycles. The van der Waals surface area contributed by atoms with Gasteiger partial charge in [0.05, 0.1) is 29.3 Å². The molecule has 1 aromatic heterocycles. The molecule has 5 atom stereocenters. The summed E-state index contributed by atoms with van der Waals surface area (Å²) in [4.78, 5) is 71.6. The first-order valence-corrected chi connectivity index (χ1v) is 17.0. The van der Waals surface area contributed by atoms with Gasteiger partial charge < -0.3 is 25.3 Å². The Kier molecular flexibility index (Phi) is 9.82. The Morgan fingerprint density at radius 2 is 1.80 bits per heavy atom. The summed E-state index contributed by atoms with van der Waals surface area (Å²) in [6.45, 7) is 0.889. The summed E-state index contributed by atoms with van der Waals surface area (Å²) in [5.74, 6) is -2.70. The number of carbonyl (C=O) groups excluding carboxylic acids is 5. The molecule has 1 aliphatic heterocycles. The third-order valence-corrected chi connectivity index (χ3v) is 10.7. The Bertz CT molecular complexity index is 1490. The molecule has 6 rings (SSSR count). The van der Waals surface area contributed by atoms with Crippen LogP contribution in [0.25, 0.3) is 10.9 Å². The number of nitrogens with one attached hydrogen (secondary N) is 3. The van der Waals surface area contributed by atoms with Crippen LogP contribution in [0.5, 0.6) is 0 Å². The number of ketones is 2. The van der Waals surface area contributed by atoms with Crippen molar-refractivity contribution in [3.63, 3.8) is 0 Å². The number of halogens is 2. The first-order valence-electron chi connectivity index (χ1n) is 16.2. The highest BCUT2D eigenvalue weighted by molar-refractivity contribution is 6.39. The quantitative estimate of drug-likeness (QED) is 0.238. The van der Waals surface area contributed by atoms with Crippen LogP contribution in [0.4, 0.5) is 0 Å². The number of rotatable bonds is 11. The second-order valence-electron chi connectivity index (χ2n) is 13.0. The van der Waals surface area contributed by atoms with Crippen molar-refractivity contribution in [3.8, 4) is 0 Å². The maximum absolute atomic E-state index is 14.1. The second kappa shape index (κ2) is 13.8. The van der Waals surface area contributed by atoms with Gasteiger partial charge in [-0.15, -0.1) is 0 Å². The average Bonchev–Trinajstić information content (AvgIpc) is 3.83. The SMILES string of the molecule is O=C(NCCOC1CCCC1)C(=O)C(CC1CCCC1=O)NC(=O)C1C2CCCC2CN1C(=O)c1cc2cc(Cl)cc(Cl)c2[nH]1. The van der Waals surface area contributed by atoms with Gasteiger partial charge in [-0.05, 0) is 75.0 Å². The number of hydrogen-bond acceptors (Lipinski definition) is 6. The zero-order chi connectivity index (χ0) is 31.7. The maximum Gasteiger partial charge on any atom is 0.289 e. The van der Waals surface area contributed by atoms with Crippen LogP contribution in [0, 0.1) is 17.8 Å². The van der Waals surface area contributed by atoms with Gasteiger partial charge in [0.2, 0.25) is 11.7 Å². The molecule has 0 spiro atoms. The van der Waals surface area contributed by atoms with Crippen LogP contribution in [-0.2, 0) is 23.9 Å². The number of aromatic nitrogens is 1. The number of carbonyl (C=O) groups is 5. The van der Waals surface area contributed by atoms with E-state index in [1.54, 1.807) is 23.1 Å². The van der Waals surface area contributed by atoms with Crippen molar-refractivity contribution in [1.82, 2.24) is 20.5 Å². The summed E-state index contributed by atoms with van der Waals surface area (Å²) < 4.78 is 5.80. The van der Waals surface area contributed by atoms with Crippen LogP contribution >= 0.6 is 23.2 Å². The van der Waals surface area contributed by atoms with Crippen LogP contribution < -0.4 is 10.6 Å². The van der Waals surface area contributed by atoms with Crippen molar-refractivity contribution in [2.75, 3.05) is 19.7 Å². The monoisotopic (exact) mass is 658 g/mol. The van der Waals surface area contributed by atoms with E-state index in [0.717, 1.165) is 51.4 Å². The van der Waals surface area contributed by atoms with Crippen molar-refractivity contribution in [2.45, 2.75) is 88.8 Å². The first kappa shape index (κ1) is 32.0. The molecule has 0 radical (unpaired) electrons. The fourth-order valence-corrected chi connectivity index (χ4v) is 8.44. The van der Waals surface area contributed by atoms with Gasteiger partial charge in [0.1, 0.15) is 17.5 Å². The summed E-state index contributed by atoms with van der Waals surface area (Å²) in [7, 11) is 0. The molecular formula is C33H40Cl2N4O6. The number of hydrogen-bond donors (Lipinski definition) is 3. The summed E-state index contributed by atoms with van der Waals surface area (Å²) in [5.41, 5.74) is 0.867. The highest BCUT2D eigenvalue weighted by Crippen LogP contribution is 2.43. The molecule has 0 bridgehead atoms. The zero-order valence-electron chi connectivity index (χ0n) is 25.2. The molecule has 4 fully saturated rings. The third kappa shape index (κ3) is 6.93. The standard InChI is InChI=1S/C33H40Cl2N4O6/c34-21-13-20-15-26(37-28(20)24(35)16-21)33(44)39-17-19-6-3-9-23(19)29(39)31(42)38-25(14-18-5-4-10-27(18)40)30(41)32(43)36-11-12-45-22-7-1-2-8-22/h13,15-16,18-19,22-23,25,29,37H,1-12,14,17H2,(H,36,43)(H,38,42). The van der Waals surface area contributed by atoms with E-state index < -0.39 is 35.6 Å². The molecule has 4 aliphatic rings. The number of Topliss-reactive ketones (excluding diaryl/α,β-unsaturated/α-hetero) is 2. The Balaban J connectivity index is 1.18. The van der Waals surface area contributed by atoms with Crippen LogP contribution in [0.3, 0.4) is 0 Å². The number of ether oxygens (including phenoxy) is 1. The molecule has 1 aromatic carbocycles. The summed E-state index contributed by atoms with van der Waals surface area (Å²) in [5, 5.41) is 6.99. The van der Waals surface area contributed by atoms with E-state index in [-0.39, 0.29) is 48.3 Å². The average molecular weight is 660 g/mol. The lowest BCUT2D eigenvalue weighted by molar-refractivity contribution is -0.141. The second-order valence-corrected chi connectivity index (χ2v) is 13.9. The van der Waals surface area contributed by atoms with E-state index in [4.69, 9.17) is 27.9 Å². The molecule has 242 valence electrons. The van der Waals surface area contributed by atoms with E-state index in [1.807, 2.05) is 0 Å². The molecule has 2 heterocycles. The van der Waals surface area contributed by atoms with Gasteiger partial charge in [-0.1, -0.05) is 42.5 Å². The highest BCUT2D eigenvalue weighted by atomic mass is 35.5. The number of amides is 3. The van der Waals surface area contributed by atoms with Crippen molar-refractivity contribution >= 4 is 63.4 Å². The Morgan fingerprint density at radius 1 is 1.00 bits per heavy atom. The lowest BCUT2D eigenvalue weighted by atomic mass is 9.91.